The first-order valence-corrected chi connectivity index (χ1v) is 7.95. The Hall–Kier alpha value is -1.10. The average molecular weight is 280 g/mol. The number of carbonyl (C=O) groups excluding carboxylic acids is 1. The van der Waals surface area contributed by atoms with Gasteiger partial charge in [0.25, 0.3) is 0 Å². The third-order valence-corrected chi connectivity index (χ3v) is 5.04. The van der Waals surface area contributed by atoms with Gasteiger partial charge in [-0.25, -0.2) is 9.78 Å². The highest BCUT2D eigenvalue weighted by atomic mass is 32.1. The van der Waals surface area contributed by atoms with Crippen LogP contribution in [0, 0.1) is 5.92 Å². The molecule has 5 heteroatoms. The summed E-state index contributed by atoms with van der Waals surface area (Å²) in [6.07, 6.45) is 7.62. The second-order valence-corrected chi connectivity index (χ2v) is 6.64. The molecule has 4 nitrogen and oxygen atoms in total. The van der Waals surface area contributed by atoms with Gasteiger partial charge in [-0.3, -0.25) is 0 Å². The molecule has 3 rings (SSSR count). The van der Waals surface area contributed by atoms with Crippen molar-refractivity contribution in [1.82, 2.24) is 9.88 Å². The topological polar surface area (TPSA) is 42.4 Å². The van der Waals surface area contributed by atoms with Gasteiger partial charge in [0.2, 0.25) is 0 Å². The highest BCUT2D eigenvalue weighted by molar-refractivity contribution is 7.11. The van der Waals surface area contributed by atoms with Gasteiger partial charge in [-0.2, -0.15) is 0 Å². The molecule has 1 aromatic rings. The van der Waals surface area contributed by atoms with Gasteiger partial charge in [0.05, 0.1) is 9.88 Å². The molecule has 2 fully saturated rings. The van der Waals surface area contributed by atoms with Crippen molar-refractivity contribution >= 4 is 17.4 Å². The monoisotopic (exact) mass is 280 g/mol. The van der Waals surface area contributed by atoms with Crippen LogP contribution in [0.1, 0.15) is 42.5 Å². The number of ether oxygens (including phenoxy) is 1. The Kier molecular flexibility index (Phi) is 3.73. The first-order valence-electron chi connectivity index (χ1n) is 7.13. The first kappa shape index (κ1) is 12.9. The van der Waals surface area contributed by atoms with Crippen LogP contribution in [-0.2, 0) is 17.8 Å². The maximum absolute atomic E-state index is 12.0. The van der Waals surface area contributed by atoms with Gasteiger partial charge in [0.1, 0.15) is 6.61 Å². The maximum atomic E-state index is 12.0. The van der Waals surface area contributed by atoms with Crippen LogP contribution in [-0.4, -0.2) is 28.6 Å². The first-order chi connectivity index (χ1) is 9.26. The second kappa shape index (κ2) is 5.49. The zero-order valence-corrected chi connectivity index (χ0v) is 12.1. The Morgan fingerprint density at radius 1 is 1.53 bits per heavy atom. The molecule has 104 valence electrons. The van der Waals surface area contributed by atoms with E-state index < -0.39 is 0 Å². The van der Waals surface area contributed by atoms with Gasteiger partial charge in [-0.15, -0.1) is 11.3 Å². The molecule has 0 spiro atoms. The zero-order chi connectivity index (χ0) is 13.2. The minimum Gasteiger partial charge on any atom is -0.444 e. The van der Waals surface area contributed by atoms with E-state index in [2.05, 4.69) is 11.9 Å². The molecule has 0 aromatic carbocycles. The van der Waals surface area contributed by atoms with Crippen LogP contribution in [0.15, 0.2) is 6.20 Å². The number of aromatic nitrogens is 1. The van der Waals surface area contributed by atoms with Gasteiger partial charge in [-0.05, 0) is 25.2 Å². The molecule has 2 aliphatic rings. The van der Waals surface area contributed by atoms with Crippen LogP contribution in [0.2, 0.25) is 0 Å². The molecule has 0 bridgehead atoms. The van der Waals surface area contributed by atoms with E-state index in [1.54, 1.807) is 11.3 Å². The largest absolute Gasteiger partial charge is 0.444 e. The lowest BCUT2D eigenvalue weighted by Crippen LogP contribution is -2.51. The van der Waals surface area contributed by atoms with E-state index in [1.807, 2.05) is 11.1 Å². The van der Waals surface area contributed by atoms with E-state index in [9.17, 15) is 4.79 Å². The normalized spacial score (nSPS) is 22.2. The lowest BCUT2D eigenvalue weighted by atomic mass is 9.98. The molecule has 1 atom stereocenters. The summed E-state index contributed by atoms with van der Waals surface area (Å²) in [7, 11) is 0. The van der Waals surface area contributed by atoms with Crippen molar-refractivity contribution in [3.05, 3.63) is 16.1 Å². The number of rotatable bonds is 5. The molecule has 1 aliphatic heterocycles. The average Bonchev–Trinajstić information content (AvgIpc) is 3.09. The molecular formula is C14H20N2O2S. The molecule has 0 N–H and O–H groups in total. The van der Waals surface area contributed by atoms with E-state index in [1.165, 1.54) is 19.3 Å². The molecule has 1 amide bonds. The highest BCUT2D eigenvalue weighted by Gasteiger charge is 2.37. The van der Waals surface area contributed by atoms with Gasteiger partial charge in [0.15, 0.2) is 0 Å². The van der Waals surface area contributed by atoms with Gasteiger partial charge < -0.3 is 9.64 Å². The fraction of sp³-hybridized carbons (Fsp3) is 0.714. The summed E-state index contributed by atoms with van der Waals surface area (Å²) >= 11 is 1.63. The summed E-state index contributed by atoms with van der Waals surface area (Å²) in [6.45, 7) is 3.30. The quantitative estimate of drug-likeness (QED) is 0.831. The number of aryl methyl sites for hydroxylation is 1. The fourth-order valence-electron chi connectivity index (χ4n) is 2.46. The summed E-state index contributed by atoms with van der Waals surface area (Å²) in [5, 5.41) is 1.10. The van der Waals surface area contributed by atoms with E-state index in [4.69, 9.17) is 4.74 Å². The van der Waals surface area contributed by atoms with Crippen molar-refractivity contribution in [2.45, 2.75) is 51.7 Å². The minimum absolute atomic E-state index is 0.150. The number of hydrogen-bond donors (Lipinski definition) is 0. The van der Waals surface area contributed by atoms with Crippen LogP contribution in [0.4, 0.5) is 4.79 Å². The summed E-state index contributed by atoms with van der Waals surface area (Å²) in [4.78, 5) is 19.2. The third-order valence-electron chi connectivity index (χ3n) is 3.92. The molecule has 1 saturated heterocycles. The summed E-state index contributed by atoms with van der Waals surface area (Å²) in [5.74, 6) is 0.870. The number of amides is 1. The van der Waals surface area contributed by atoms with E-state index in [0.717, 1.165) is 35.2 Å². The van der Waals surface area contributed by atoms with Crippen molar-refractivity contribution in [1.29, 1.82) is 0 Å². The summed E-state index contributed by atoms with van der Waals surface area (Å²) in [5.41, 5.74) is 0. The Morgan fingerprint density at radius 3 is 2.95 bits per heavy atom. The number of hydrogen-bond acceptors (Lipinski definition) is 4. The van der Waals surface area contributed by atoms with Crippen LogP contribution in [0.5, 0.6) is 0 Å². The highest BCUT2D eigenvalue weighted by Crippen LogP contribution is 2.38. The van der Waals surface area contributed by atoms with Crippen LogP contribution >= 0.6 is 11.3 Å². The Labute approximate surface area is 117 Å². The summed E-state index contributed by atoms with van der Waals surface area (Å²) in [6, 6.07) is 0.438. The van der Waals surface area contributed by atoms with Crippen molar-refractivity contribution in [2.24, 2.45) is 5.92 Å². The van der Waals surface area contributed by atoms with E-state index >= 15 is 0 Å². The van der Waals surface area contributed by atoms with E-state index in [-0.39, 0.29) is 6.09 Å². The van der Waals surface area contributed by atoms with Gasteiger partial charge in [-0.1, -0.05) is 19.8 Å². The molecular weight excluding hydrogens is 260 g/mol. The SMILES string of the molecule is CCc1ncc(COC(=O)N2CCC2CC2CC2)s1. The van der Waals surface area contributed by atoms with Crippen molar-refractivity contribution < 1.29 is 9.53 Å². The molecule has 1 aromatic heterocycles. The van der Waals surface area contributed by atoms with Gasteiger partial charge in [0, 0.05) is 18.8 Å². The second-order valence-electron chi connectivity index (χ2n) is 5.44. The van der Waals surface area contributed by atoms with Crippen molar-refractivity contribution in [3.8, 4) is 0 Å². The van der Waals surface area contributed by atoms with Crippen LogP contribution in [0.3, 0.4) is 0 Å². The zero-order valence-electron chi connectivity index (χ0n) is 11.3. The third kappa shape index (κ3) is 3.08. The van der Waals surface area contributed by atoms with Gasteiger partial charge >= 0.3 is 6.09 Å². The van der Waals surface area contributed by atoms with Crippen LogP contribution < -0.4 is 0 Å². The van der Waals surface area contributed by atoms with E-state index in [0.29, 0.717) is 12.6 Å². The standard InChI is InChI=1S/C14H20N2O2S/c1-2-13-15-8-12(19-13)9-18-14(17)16-6-5-11(16)7-10-3-4-10/h8,10-11H,2-7,9H2,1H3. The number of likely N-dealkylation sites (tertiary alicyclic amines) is 1. The fourth-order valence-corrected chi connectivity index (χ4v) is 3.23. The smallest absolute Gasteiger partial charge is 0.410 e. The number of thiazole rings is 1. The predicted molar refractivity (Wildman–Crippen MR) is 74.1 cm³/mol. The number of nitrogens with zero attached hydrogens (tertiary/aromatic N) is 2. The lowest BCUT2D eigenvalue weighted by Gasteiger charge is -2.40. The van der Waals surface area contributed by atoms with Crippen LogP contribution in [0.25, 0.3) is 0 Å². The molecule has 1 saturated carbocycles. The number of carbonyl (C=O) groups is 1. The Bertz CT molecular complexity index is 456. The molecule has 19 heavy (non-hydrogen) atoms. The Balaban J connectivity index is 1.45. The minimum atomic E-state index is -0.150. The predicted octanol–water partition coefficient (Wildman–Crippen LogP) is 3.22. The lowest BCUT2D eigenvalue weighted by molar-refractivity contribution is 0.0396. The molecule has 0 radical (unpaired) electrons. The maximum Gasteiger partial charge on any atom is 0.410 e. The van der Waals surface area contributed by atoms with Crippen molar-refractivity contribution in [2.75, 3.05) is 6.54 Å². The summed E-state index contributed by atoms with van der Waals surface area (Å²) < 4.78 is 5.38. The molecule has 1 aliphatic carbocycles. The Morgan fingerprint density at radius 2 is 2.37 bits per heavy atom. The molecule has 1 unspecified atom stereocenters. The van der Waals surface area contributed by atoms with Crippen molar-refractivity contribution in [3.63, 3.8) is 0 Å². The molecule has 2 heterocycles.